The predicted molar refractivity (Wildman–Crippen MR) is 78.0 cm³/mol. The molecule has 3 N–H and O–H groups in total. The van der Waals surface area contributed by atoms with Crippen molar-refractivity contribution >= 4 is 38.9 Å². The lowest BCUT2D eigenvalue weighted by Crippen LogP contribution is -2.28. The van der Waals surface area contributed by atoms with Crippen molar-refractivity contribution < 1.29 is 8.42 Å². The van der Waals surface area contributed by atoms with Gasteiger partial charge in [0.1, 0.15) is 4.90 Å². The molecule has 7 heteroatoms. The normalized spacial score (nSPS) is 16.3. The molecular formula is C12H16Cl2N2O2S. The molecular weight excluding hydrogens is 307 g/mol. The zero-order valence-corrected chi connectivity index (χ0v) is 12.7. The van der Waals surface area contributed by atoms with Gasteiger partial charge in [0.25, 0.3) is 0 Å². The van der Waals surface area contributed by atoms with E-state index in [-0.39, 0.29) is 20.6 Å². The Morgan fingerprint density at radius 1 is 1.32 bits per heavy atom. The molecule has 19 heavy (non-hydrogen) atoms. The molecule has 0 heterocycles. The SMILES string of the molecule is Nc1c(Cl)ccc(S(=O)(=O)NCCC2CCC2)c1Cl. The fourth-order valence-electron chi connectivity index (χ4n) is 2.01. The van der Waals surface area contributed by atoms with Crippen LogP contribution in [0.2, 0.25) is 10.0 Å². The van der Waals surface area contributed by atoms with Crippen LogP contribution >= 0.6 is 23.2 Å². The summed E-state index contributed by atoms with van der Waals surface area (Å²) >= 11 is 11.7. The summed E-state index contributed by atoms with van der Waals surface area (Å²) in [4.78, 5) is -0.0234. The Hall–Kier alpha value is -0.490. The summed E-state index contributed by atoms with van der Waals surface area (Å²) < 4.78 is 26.8. The average Bonchev–Trinajstić information content (AvgIpc) is 2.29. The monoisotopic (exact) mass is 322 g/mol. The van der Waals surface area contributed by atoms with Gasteiger partial charge in [-0.05, 0) is 24.5 Å². The molecule has 0 spiro atoms. The molecule has 4 nitrogen and oxygen atoms in total. The molecule has 0 radical (unpaired) electrons. The summed E-state index contributed by atoms with van der Waals surface area (Å²) in [6.07, 6.45) is 4.49. The van der Waals surface area contributed by atoms with Crippen molar-refractivity contribution in [1.82, 2.24) is 4.72 Å². The van der Waals surface area contributed by atoms with E-state index in [1.807, 2.05) is 0 Å². The van der Waals surface area contributed by atoms with Gasteiger partial charge < -0.3 is 5.73 Å². The van der Waals surface area contributed by atoms with Crippen molar-refractivity contribution in [3.63, 3.8) is 0 Å². The fraction of sp³-hybridized carbons (Fsp3) is 0.500. The lowest BCUT2D eigenvalue weighted by molar-refractivity contribution is 0.297. The molecule has 0 aromatic heterocycles. The number of rotatable bonds is 5. The molecule has 0 bridgehead atoms. The Morgan fingerprint density at radius 3 is 2.58 bits per heavy atom. The van der Waals surface area contributed by atoms with E-state index in [1.54, 1.807) is 0 Å². The first-order valence-corrected chi connectivity index (χ1v) is 8.39. The van der Waals surface area contributed by atoms with Crippen molar-refractivity contribution in [2.24, 2.45) is 5.92 Å². The second-order valence-corrected chi connectivity index (χ2v) is 7.28. The highest BCUT2D eigenvalue weighted by Gasteiger charge is 2.22. The zero-order chi connectivity index (χ0) is 14.0. The summed E-state index contributed by atoms with van der Waals surface area (Å²) in [7, 11) is -3.63. The minimum absolute atomic E-state index is 0.0234. The van der Waals surface area contributed by atoms with Crippen molar-refractivity contribution in [1.29, 1.82) is 0 Å². The molecule has 106 valence electrons. The van der Waals surface area contributed by atoms with E-state index >= 15 is 0 Å². The van der Waals surface area contributed by atoms with Crippen molar-refractivity contribution in [3.8, 4) is 0 Å². The van der Waals surface area contributed by atoms with E-state index in [4.69, 9.17) is 28.9 Å². The van der Waals surface area contributed by atoms with Crippen LogP contribution < -0.4 is 10.5 Å². The highest BCUT2D eigenvalue weighted by atomic mass is 35.5. The van der Waals surface area contributed by atoms with Gasteiger partial charge in [0.2, 0.25) is 10.0 Å². The minimum Gasteiger partial charge on any atom is -0.396 e. The smallest absolute Gasteiger partial charge is 0.242 e. The van der Waals surface area contributed by atoms with Crippen LogP contribution in [-0.2, 0) is 10.0 Å². The Balaban J connectivity index is 2.08. The standard InChI is InChI=1S/C12H16Cl2N2O2S/c13-9-4-5-10(11(14)12(9)15)19(17,18)16-7-6-8-2-1-3-8/h4-5,8,16H,1-3,6-7,15H2. The van der Waals surface area contributed by atoms with Gasteiger partial charge in [-0.3, -0.25) is 0 Å². The highest BCUT2D eigenvalue weighted by molar-refractivity contribution is 7.89. The summed E-state index contributed by atoms with van der Waals surface area (Å²) in [6.45, 7) is 0.422. The summed E-state index contributed by atoms with van der Waals surface area (Å²) in [6, 6.07) is 2.80. The number of halogens is 2. The number of hydrogen-bond acceptors (Lipinski definition) is 3. The quantitative estimate of drug-likeness (QED) is 0.818. The van der Waals surface area contributed by atoms with Crippen LogP contribution in [0.1, 0.15) is 25.7 Å². The molecule has 0 atom stereocenters. The largest absolute Gasteiger partial charge is 0.396 e. The van der Waals surface area contributed by atoms with E-state index in [0.717, 1.165) is 6.42 Å². The third-order valence-electron chi connectivity index (χ3n) is 3.45. The number of anilines is 1. The second kappa shape index (κ2) is 5.87. The van der Waals surface area contributed by atoms with E-state index in [1.165, 1.54) is 31.4 Å². The maximum atomic E-state index is 12.1. The first-order valence-electron chi connectivity index (χ1n) is 6.15. The van der Waals surface area contributed by atoms with Gasteiger partial charge in [-0.25, -0.2) is 13.1 Å². The number of sulfonamides is 1. The highest BCUT2D eigenvalue weighted by Crippen LogP contribution is 2.33. The van der Waals surface area contributed by atoms with Gasteiger partial charge in [0, 0.05) is 6.54 Å². The average molecular weight is 323 g/mol. The molecule has 1 fully saturated rings. The van der Waals surface area contributed by atoms with Gasteiger partial charge in [0.15, 0.2) is 0 Å². The topological polar surface area (TPSA) is 72.2 Å². The third kappa shape index (κ3) is 3.34. The molecule has 0 unspecified atom stereocenters. The predicted octanol–water partition coefficient (Wildman–Crippen LogP) is 3.04. The van der Waals surface area contributed by atoms with E-state index in [2.05, 4.69) is 4.72 Å². The molecule has 0 saturated heterocycles. The molecule has 0 aliphatic heterocycles. The first-order chi connectivity index (χ1) is 8.92. The maximum Gasteiger partial charge on any atom is 0.242 e. The van der Waals surface area contributed by atoms with Gasteiger partial charge in [0.05, 0.1) is 15.7 Å². The van der Waals surface area contributed by atoms with Crippen LogP contribution in [0, 0.1) is 5.92 Å². The Bertz CT molecular complexity index is 571. The van der Waals surface area contributed by atoms with Crippen LogP contribution in [-0.4, -0.2) is 15.0 Å². The minimum atomic E-state index is -3.63. The molecule has 1 aromatic carbocycles. The van der Waals surface area contributed by atoms with Crippen LogP contribution in [0.3, 0.4) is 0 Å². The number of benzene rings is 1. The fourth-order valence-corrected chi connectivity index (χ4v) is 3.82. The maximum absolute atomic E-state index is 12.1. The lowest BCUT2D eigenvalue weighted by atomic mass is 9.83. The van der Waals surface area contributed by atoms with E-state index < -0.39 is 10.0 Å². The molecule has 1 aliphatic carbocycles. The zero-order valence-electron chi connectivity index (χ0n) is 10.3. The van der Waals surface area contributed by atoms with Crippen LogP contribution in [0.25, 0.3) is 0 Å². The van der Waals surface area contributed by atoms with Crippen molar-refractivity contribution in [3.05, 3.63) is 22.2 Å². The molecule has 1 aliphatic rings. The van der Waals surface area contributed by atoms with Crippen LogP contribution in [0.5, 0.6) is 0 Å². The number of nitrogens with one attached hydrogen (secondary N) is 1. The van der Waals surface area contributed by atoms with Gasteiger partial charge in [-0.15, -0.1) is 0 Å². The van der Waals surface area contributed by atoms with E-state index in [9.17, 15) is 8.42 Å². The van der Waals surface area contributed by atoms with Gasteiger partial charge in [-0.1, -0.05) is 42.5 Å². The Kier molecular flexibility index (Phi) is 4.61. The van der Waals surface area contributed by atoms with Crippen LogP contribution in [0.15, 0.2) is 17.0 Å². The number of nitrogen functional groups attached to an aromatic ring is 1. The van der Waals surface area contributed by atoms with Crippen molar-refractivity contribution in [2.45, 2.75) is 30.6 Å². The van der Waals surface area contributed by atoms with Gasteiger partial charge in [-0.2, -0.15) is 0 Å². The Labute approximate surface area is 123 Å². The number of hydrogen-bond donors (Lipinski definition) is 2. The summed E-state index contributed by atoms with van der Waals surface area (Å²) in [5, 5.41) is 0.224. The van der Waals surface area contributed by atoms with E-state index in [0.29, 0.717) is 12.5 Å². The number of nitrogens with two attached hydrogens (primary N) is 1. The van der Waals surface area contributed by atoms with Crippen LogP contribution in [0.4, 0.5) is 5.69 Å². The molecule has 2 rings (SSSR count). The Morgan fingerprint density at radius 2 is 2.00 bits per heavy atom. The van der Waals surface area contributed by atoms with Gasteiger partial charge >= 0.3 is 0 Å². The molecule has 1 aromatic rings. The third-order valence-corrected chi connectivity index (χ3v) is 5.80. The second-order valence-electron chi connectivity index (χ2n) is 4.76. The molecule has 1 saturated carbocycles. The molecule has 0 amide bonds. The van der Waals surface area contributed by atoms with Crippen molar-refractivity contribution in [2.75, 3.05) is 12.3 Å². The first kappa shape index (κ1) is 14.9. The lowest BCUT2D eigenvalue weighted by Gasteiger charge is -2.25. The summed E-state index contributed by atoms with van der Waals surface area (Å²) in [5.41, 5.74) is 5.72. The summed E-state index contributed by atoms with van der Waals surface area (Å²) in [5.74, 6) is 0.647.